The zero-order valence-electron chi connectivity index (χ0n) is 9.19. The fourth-order valence-electron chi connectivity index (χ4n) is 1.87. The highest BCUT2D eigenvalue weighted by Crippen LogP contribution is 2.29. The van der Waals surface area contributed by atoms with Crippen molar-refractivity contribution >= 4 is 22.4 Å². The Morgan fingerprint density at radius 1 is 1.67 bits per heavy atom. The highest BCUT2D eigenvalue weighted by molar-refractivity contribution is 7.10. The monoisotopic (exact) mass is 227 g/mol. The van der Waals surface area contributed by atoms with E-state index in [0.717, 1.165) is 30.1 Å². The highest BCUT2D eigenvalue weighted by atomic mass is 32.1. The van der Waals surface area contributed by atoms with Crippen molar-refractivity contribution in [1.82, 2.24) is 4.37 Å². The molecule has 1 aliphatic rings. The molecule has 1 aliphatic heterocycles. The third kappa shape index (κ3) is 2.23. The van der Waals surface area contributed by atoms with Crippen molar-refractivity contribution in [3.05, 3.63) is 5.56 Å². The minimum absolute atomic E-state index is 0.373. The molecule has 1 saturated heterocycles. The van der Waals surface area contributed by atoms with E-state index < -0.39 is 0 Å². The molecule has 2 rings (SSSR count). The lowest BCUT2D eigenvalue weighted by molar-refractivity contribution is 0.116. The van der Waals surface area contributed by atoms with E-state index in [0.29, 0.717) is 11.9 Å². The number of nitrogens with zero attached hydrogens (tertiary/aromatic N) is 2. The summed E-state index contributed by atoms with van der Waals surface area (Å²) in [5.74, 6) is 0.647. The minimum Gasteiger partial charge on any atom is -0.383 e. The molecular formula is C10H17N3OS. The second-order valence-electron chi connectivity index (χ2n) is 4.01. The standard InChI is InChI=1S/C10H17N3OS/c1-7-9(11)12-15-10(7)13(2)6-8-4-3-5-14-8/h8H,3-6H2,1-2H3,(H2,11,12). The van der Waals surface area contributed by atoms with Gasteiger partial charge in [-0.25, -0.2) is 0 Å². The van der Waals surface area contributed by atoms with Crippen LogP contribution in [0.4, 0.5) is 10.8 Å². The van der Waals surface area contributed by atoms with Crippen LogP contribution in [-0.2, 0) is 4.74 Å². The number of nitrogens with two attached hydrogens (primary N) is 1. The van der Waals surface area contributed by atoms with Crippen LogP contribution >= 0.6 is 11.5 Å². The zero-order valence-corrected chi connectivity index (χ0v) is 10.0. The third-order valence-corrected chi connectivity index (χ3v) is 3.86. The summed E-state index contributed by atoms with van der Waals surface area (Å²) >= 11 is 1.46. The van der Waals surface area contributed by atoms with E-state index in [9.17, 15) is 0 Å². The zero-order chi connectivity index (χ0) is 10.8. The molecule has 1 unspecified atom stereocenters. The van der Waals surface area contributed by atoms with Crippen molar-refractivity contribution in [3.8, 4) is 0 Å². The van der Waals surface area contributed by atoms with Crippen LogP contribution in [-0.4, -0.2) is 30.7 Å². The van der Waals surface area contributed by atoms with Crippen LogP contribution < -0.4 is 10.6 Å². The molecular weight excluding hydrogens is 210 g/mol. The van der Waals surface area contributed by atoms with E-state index in [-0.39, 0.29) is 0 Å². The van der Waals surface area contributed by atoms with Gasteiger partial charge in [0.15, 0.2) is 0 Å². The fourth-order valence-corrected chi connectivity index (χ4v) is 2.65. The molecule has 1 fully saturated rings. The number of likely N-dealkylation sites (N-methyl/N-ethyl adjacent to an activating group) is 1. The highest BCUT2D eigenvalue weighted by Gasteiger charge is 2.19. The van der Waals surface area contributed by atoms with Gasteiger partial charge in [0.1, 0.15) is 10.8 Å². The summed E-state index contributed by atoms with van der Waals surface area (Å²) in [6.07, 6.45) is 2.72. The SMILES string of the molecule is Cc1c(N)nsc1N(C)CC1CCCO1. The molecule has 0 aliphatic carbocycles. The summed E-state index contributed by atoms with van der Waals surface area (Å²) in [5, 5.41) is 1.16. The van der Waals surface area contributed by atoms with E-state index in [1.165, 1.54) is 18.0 Å². The van der Waals surface area contributed by atoms with Gasteiger partial charge in [0.25, 0.3) is 0 Å². The quantitative estimate of drug-likeness (QED) is 0.853. The van der Waals surface area contributed by atoms with Crippen LogP contribution in [0.3, 0.4) is 0 Å². The number of rotatable bonds is 3. The maximum Gasteiger partial charge on any atom is 0.142 e. The molecule has 4 nitrogen and oxygen atoms in total. The third-order valence-electron chi connectivity index (χ3n) is 2.78. The molecule has 0 radical (unpaired) electrons. The molecule has 5 heteroatoms. The summed E-state index contributed by atoms with van der Waals surface area (Å²) in [6.45, 7) is 3.85. The smallest absolute Gasteiger partial charge is 0.142 e. The molecule has 0 aromatic carbocycles. The summed E-state index contributed by atoms with van der Waals surface area (Å²) in [7, 11) is 2.07. The molecule has 15 heavy (non-hydrogen) atoms. The van der Waals surface area contributed by atoms with Gasteiger partial charge in [-0.05, 0) is 31.3 Å². The Labute approximate surface area is 94.2 Å². The van der Waals surface area contributed by atoms with Gasteiger partial charge < -0.3 is 15.4 Å². The van der Waals surface area contributed by atoms with Gasteiger partial charge in [0.2, 0.25) is 0 Å². The van der Waals surface area contributed by atoms with Crippen LogP contribution in [0.2, 0.25) is 0 Å². The molecule has 1 atom stereocenters. The Morgan fingerprint density at radius 3 is 3.00 bits per heavy atom. The van der Waals surface area contributed by atoms with E-state index in [4.69, 9.17) is 10.5 Å². The average molecular weight is 227 g/mol. The summed E-state index contributed by atoms with van der Waals surface area (Å²) in [4.78, 5) is 2.19. The number of hydrogen-bond donors (Lipinski definition) is 1. The van der Waals surface area contributed by atoms with Crippen molar-refractivity contribution in [3.63, 3.8) is 0 Å². The van der Waals surface area contributed by atoms with E-state index in [1.807, 2.05) is 6.92 Å². The first-order chi connectivity index (χ1) is 7.18. The van der Waals surface area contributed by atoms with Crippen molar-refractivity contribution < 1.29 is 4.74 Å². The lowest BCUT2D eigenvalue weighted by atomic mass is 10.2. The van der Waals surface area contributed by atoms with E-state index in [2.05, 4.69) is 16.3 Å². The Hall–Kier alpha value is -0.810. The van der Waals surface area contributed by atoms with E-state index in [1.54, 1.807) is 0 Å². The normalized spacial score (nSPS) is 20.8. The number of aromatic nitrogens is 1. The summed E-state index contributed by atoms with van der Waals surface area (Å²) in [5.41, 5.74) is 6.81. The molecule has 2 N–H and O–H groups in total. The predicted molar refractivity (Wildman–Crippen MR) is 63.5 cm³/mol. The predicted octanol–water partition coefficient (Wildman–Crippen LogP) is 1.65. The van der Waals surface area contributed by atoms with Crippen LogP contribution in [0.5, 0.6) is 0 Å². The van der Waals surface area contributed by atoms with Crippen molar-refractivity contribution in [2.75, 3.05) is 30.8 Å². The molecule has 2 heterocycles. The van der Waals surface area contributed by atoms with Crippen molar-refractivity contribution in [2.45, 2.75) is 25.9 Å². The van der Waals surface area contributed by atoms with Crippen molar-refractivity contribution in [2.24, 2.45) is 0 Å². The first-order valence-electron chi connectivity index (χ1n) is 5.23. The lowest BCUT2D eigenvalue weighted by Crippen LogP contribution is -2.28. The number of hydrogen-bond acceptors (Lipinski definition) is 5. The molecule has 0 saturated carbocycles. The number of anilines is 2. The molecule has 1 aromatic rings. The average Bonchev–Trinajstić information content (AvgIpc) is 2.79. The second-order valence-corrected chi connectivity index (χ2v) is 4.77. The molecule has 0 bridgehead atoms. The van der Waals surface area contributed by atoms with Gasteiger partial charge in [-0.2, -0.15) is 4.37 Å². The van der Waals surface area contributed by atoms with Crippen LogP contribution in [0, 0.1) is 6.92 Å². The first-order valence-corrected chi connectivity index (χ1v) is 6.00. The fraction of sp³-hybridized carbons (Fsp3) is 0.700. The lowest BCUT2D eigenvalue weighted by Gasteiger charge is -2.21. The maximum absolute atomic E-state index is 5.73. The molecule has 0 amide bonds. The molecule has 84 valence electrons. The van der Waals surface area contributed by atoms with Crippen molar-refractivity contribution in [1.29, 1.82) is 0 Å². The molecule has 1 aromatic heterocycles. The van der Waals surface area contributed by atoms with E-state index >= 15 is 0 Å². The van der Waals surface area contributed by atoms with Crippen LogP contribution in [0.25, 0.3) is 0 Å². The topological polar surface area (TPSA) is 51.4 Å². The van der Waals surface area contributed by atoms with Gasteiger partial charge in [0.05, 0.1) is 6.10 Å². The Balaban J connectivity index is 2.00. The van der Waals surface area contributed by atoms with Gasteiger partial charge in [-0.3, -0.25) is 0 Å². The first kappa shape index (κ1) is 10.7. The van der Waals surface area contributed by atoms with Crippen LogP contribution in [0.15, 0.2) is 0 Å². The largest absolute Gasteiger partial charge is 0.383 e. The summed E-state index contributed by atoms with van der Waals surface area (Å²) in [6, 6.07) is 0. The second kappa shape index (κ2) is 4.37. The maximum atomic E-state index is 5.73. The Bertz CT molecular complexity index is 333. The van der Waals surface area contributed by atoms with Gasteiger partial charge >= 0.3 is 0 Å². The summed E-state index contributed by atoms with van der Waals surface area (Å²) < 4.78 is 9.75. The Kier molecular flexibility index (Phi) is 3.11. The van der Waals surface area contributed by atoms with Crippen LogP contribution in [0.1, 0.15) is 18.4 Å². The van der Waals surface area contributed by atoms with Gasteiger partial charge in [-0.1, -0.05) is 0 Å². The molecule has 0 spiro atoms. The number of ether oxygens (including phenoxy) is 1. The Morgan fingerprint density at radius 2 is 2.47 bits per heavy atom. The minimum atomic E-state index is 0.373. The van der Waals surface area contributed by atoms with Gasteiger partial charge in [-0.15, -0.1) is 0 Å². The number of nitrogen functional groups attached to an aromatic ring is 1. The van der Waals surface area contributed by atoms with Gasteiger partial charge in [0, 0.05) is 25.8 Å².